The SMILES string of the molecule is COc1cc(OC)c(-c2ccc3c([n+]2[O-])C2Cc4ccc(-c5c(OC)cc(OC)cc5OC)[n+]([O-])c4C(C3)C2)c(OC)c1. The van der Waals surface area contributed by atoms with Gasteiger partial charge in [-0.15, -0.1) is 0 Å². The van der Waals surface area contributed by atoms with Crippen LogP contribution in [0.15, 0.2) is 48.5 Å². The van der Waals surface area contributed by atoms with Crippen LogP contribution in [0, 0.1) is 10.4 Å². The Morgan fingerprint density at radius 2 is 0.884 bits per heavy atom. The number of aromatic nitrogens is 2. The Kier molecular flexibility index (Phi) is 7.29. The molecule has 0 saturated carbocycles. The minimum Gasteiger partial charge on any atom is -0.618 e. The highest BCUT2D eigenvalue weighted by molar-refractivity contribution is 5.75. The van der Waals surface area contributed by atoms with Gasteiger partial charge in [0.2, 0.25) is 11.4 Å². The molecule has 0 spiro atoms. The maximum atomic E-state index is 14.1. The Labute approximate surface area is 250 Å². The van der Waals surface area contributed by atoms with E-state index in [1.165, 1.54) is 0 Å². The molecular weight excluding hydrogens is 552 g/mol. The van der Waals surface area contributed by atoms with Crippen molar-refractivity contribution in [2.24, 2.45) is 0 Å². The smallest absolute Gasteiger partial charge is 0.231 e. The molecule has 2 aromatic heterocycles. The van der Waals surface area contributed by atoms with Gasteiger partial charge in [0.05, 0.1) is 54.5 Å². The van der Waals surface area contributed by atoms with Gasteiger partial charge in [-0.3, -0.25) is 0 Å². The molecule has 10 heteroatoms. The lowest BCUT2D eigenvalue weighted by atomic mass is 9.70. The van der Waals surface area contributed by atoms with E-state index in [4.69, 9.17) is 28.4 Å². The number of benzene rings is 2. The van der Waals surface area contributed by atoms with Crippen LogP contribution in [0.2, 0.25) is 0 Å². The first-order chi connectivity index (χ1) is 20.9. The molecular formula is C33H34N2O8. The summed E-state index contributed by atoms with van der Waals surface area (Å²) in [6.07, 6.45) is 1.83. The Morgan fingerprint density at radius 1 is 0.535 bits per heavy atom. The van der Waals surface area contributed by atoms with Crippen LogP contribution >= 0.6 is 0 Å². The van der Waals surface area contributed by atoms with E-state index in [1.807, 2.05) is 12.1 Å². The molecule has 2 heterocycles. The average Bonchev–Trinajstić information content (AvgIpc) is 3.03. The second kappa shape index (κ2) is 11.1. The zero-order chi connectivity index (χ0) is 30.4. The lowest BCUT2D eigenvalue weighted by Gasteiger charge is -2.34. The topological polar surface area (TPSA) is 109 Å². The van der Waals surface area contributed by atoms with E-state index < -0.39 is 0 Å². The molecule has 0 N–H and O–H groups in total. The molecule has 0 saturated heterocycles. The highest BCUT2D eigenvalue weighted by Crippen LogP contribution is 2.48. The van der Waals surface area contributed by atoms with Gasteiger partial charge in [0.15, 0.2) is 11.4 Å². The van der Waals surface area contributed by atoms with Crippen molar-refractivity contribution < 1.29 is 37.9 Å². The number of hydrogen-bond acceptors (Lipinski definition) is 8. The van der Waals surface area contributed by atoms with E-state index in [1.54, 1.807) is 79.1 Å². The Bertz CT molecular complexity index is 1550. The van der Waals surface area contributed by atoms with Gasteiger partial charge in [0, 0.05) is 47.5 Å². The van der Waals surface area contributed by atoms with E-state index in [9.17, 15) is 10.4 Å². The van der Waals surface area contributed by atoms with Crippen LogP contribution in [0.3, 0.4) is 0 Å². The second-order valence-electron chi connectivity index (χ2n) is 10.7. The molecule has 0 aliphatic heterocycles. The summed E-state index contributed by atoms with van der Waals surface area (Å²) in [5.41, 5.74) is 5.31. The van der Waals surface area contributed by atoms with Crippen LogP contribution in [0.4, 0.5) is 0 Å². The van der Waals surface area contributed by atoms with E-state index in [0.29, 0.717) is 76.3 Å². The monoisotopic (exact) mass is 586 g/mol. The fourth-order valence-corrected chi connectivity index (χ4v) is 6.73. The van der Waals surface area contributed by atoms with Crippen molar-refractivity contribution >= 4 is 0 Å². The summed E-state index contributed by atoms with van der Waals surface area (Å²) in [4.78, 5) is 0. The first-order valence-electron chi connectivity index (χ1n) is 14.0. The number of ether oxygens (including phenoxy) is 6. The molecule has 2 aliphatic carbocycles. The van der Waals surface area contributed by atoms with E-state index in [-0.39, 0.29) is 11.8 Å². The van der Waals surface area contributed by atoms with Gasteiger partial charge < -0.3 is 38.8 Å². The standard InChI is InChI=1S/C33H34N2O8/c1-38-22-14-26(40-3)30(27(15-22)41-4)24-9-7-18-11-21-13-20(32(18)34(24)36)12-19-8-10-25(35(37)33(19)21)31-28(42-5)16-23(39-2)17-29(31)43-6/h7-10,14-17,20-21H,11-13H2,1-6H3. The molecule has 2 bridgehead atoms. The van der Waals surface area contributed by atoms with Gasteiger partial charge in [-0.2, -0.15) is 9.46 Å². The third-order valence-corrected chi connectivity index (χ3v) is 8.64. The average molecular weight is 587 g/mol. The van der Waals surface area contributed by atoms with Gasteiger partial charge in [-0.05, 0) is 31.4 Å². The van der Waals surface area contributed by atoms with E-state index >= 15 is 0 Å². The van der Waals surface area contributed by atoms with Crippen molar-refractivity contribution in [3.63, 3.8) is 0 Å². The molecule has 0 radical (unpaired) electrons. The van der Waals surface area contributed by atoms with Gasteiger partial charge in [0.1, 0.15) is 45.6 Å². The molecule has 2 aromatic carbocycles. The van der Waals surface area contributed by atoms with Crippen molar-refractivity contribution in [2.75, 3.05) is 42.7 Å². The molecule has 2 aliphatic rings. The zero-order valence-corrected chi connectivity index (χ0v) is 25.1. The predicted molar refractivity (Wildman–Crippen MR) is 158 cm³/mol. The van der Waals surface area contributed by atoms with Crippen molar-refractivity contribution in [3.8, 4) is 57.0 Å². The van der Waals surface area contributed by atoms with Crippen LogP contribution in [0.5, 0.6) is 34.5 Å². The summed E-state index contributed by atoms with van der Waals surface area (Å²) in [6.45, 7) is 0. The number of rotatable bonds is 8. The number of fused-ring (bicyclic) bond motifs is 6. The van der Waals surface area contributed by atoms with Crippen LogP contribution in [-0.2, 0) is 12.8 Å². The summed E-state index contributed by atoms with van der Waals surface area (Å²) in [6, 6.07) is 14.5. The third-order valence-electron chi connectivity index (χ3n) is 8.64. The molecule has 2 unspecified atom stereocenters. The Hall–Kier alpha value is -4.86. The highest BCUT2D eigenvalue weighted by atomic mass is 16.5. The van der Waals surface area contributed by atoms with Gasteiger partial charge in [-0.25, -0.2) is 0 Å². The molecule has 0 amide bonds. The summed E-state index contributed by atoms with van der Waals surface area (Å²) in [5.74, 6) is 2.94. The van der Waals surface area contributed by atoms with E-state index in [2.05, 4.69) is 0 Å². The lowest BCUT2D eigenvalue weighted by molar-refractivity contribution is -0.610. The normalized spacial score (nSPS) is 16.5. The lowest BCUT2D eigenvalue weighted by Crippen LogP contribution is -2.46. The highest BCUT2D eigenvalue weighted by Gasteiger charge is 2.44. The van der Waals surface area contributed by atoms with Crippen molar-refractivity contribution in [3.05, 3.63) is 81.5 Å². The zero-order valence-electron chi connectivity index (χ0n) is 25.1. The molecule has 43 heavy (non-hydrogen) atoms. The quantitative estimate of drug-likeness (QED) is 0.216. The fraction of sp³-hybridized carbons (Fsp3) is 0.333. The largest absolute Gasteiger partial charge is 0.618 e. The third kappa shape index (κ3) is 4.48. The van der Waals surface area contributed by atoms with Crippen LogP contribution in [-0.4, -0.2) is 42.7 Å². The van der Waals surface area contributed by atoms with Gasteiger partial charge in [-0.1, -0.05) is 0 Å². The summed E-state index contributed by atoms with van der Waals surface area (Å²) in [5, 5.41) is 28.2. The first kappa shape index (κ1) is 28.3. The Balaban J connectivity index is 1.44. The molecule has 10 nitrogen and oxygen atoms in total. The summed E-state index contributed by atoms with van der Waals surface area (Å²) >= 11 is 0. The van der Waals surface area contributed by atoms with Crippen molar-refractivity contribution in [2.45, 2.75) is 31.1 Å². The summed E-state index contributed by atoms with van der Waals surface area (Å²) in [7, 11) is 9.34. The van der Waals surface area contributed by atoms with E-state index in [0.717, 1.165) is 32.0 Å². The minimum atomic E-state index is -0.0511. The predicted octanol–water partition coefficient (Wildman–Crippen LogP) is 4.71. The Morgan fingerprint density at radius 3 is 1.19 bits per heavy atom. The van der Waals surface area contributed by atoms with Crippen LogP contribution in [0.1, 0.15) is 40.8 Å². The minimum absolute atomic E-state index is 0.0511. The second-order valence-corrected chi connectivity index (χ2v) is 10.7. The van der Waals surface area contributed by atoms with Gasteiger partial charge >= 0.3 is 0 Å². The molecule has 0 fully saturated rings. The van der Waals surface area contributed by atoms with Crippen LogP contribution in [0.25, 0.3) is 22.5 Å². The molecule has 4 aromatic rings. The number of pyridine rings is 2. The molecule has 6 rings (SSSR count). The number of hydrogen-bond donors (Lipinski definition) is 0. The number of methoxy groups -OCH3 is 6. The van der Waals surface area contributed by atoms with Crippen molar-refractivity contribution in [1.82, 2.24) is 0 Å². The van der Waals surface area contributed by atoms with Gasteiger partial charge in [0.25, 0.3) is 0 Å². The molecule has 224 valence electrons. The molecule has 2 atom stereocenters. The van der Waals surface area contributed by atoms with Crippen molar-refractivity contribution in [1.29, 1.82) is 0 Å². The maximum Gasteiger partial charge on any atom is 0.231 e. The first-order valence-corrected chi connectivity index (χ1v) is 14.0. The fourth-order valence-electron chi connectivity index (χ4n) is 6.73. The number of nitrogens with zero attached hydrogens (tertiary/aromatic N) is 2. The maximum absolute atomic E-state index is 14.1. The summed E-state index contributed by atoms with van der Waals surface area (Å²) < 4.78 is 35.4. The van der Waals surface area contributed by atoms with Crippen LogP contribution < -0.4 is 37.9 Å².